The summed E-state index contributed by atoms with van der Waals surface area (Å²) in [6.45, 7) is 2.90. The summed E-state index contributed by atoms with van der Waals surface area (Å²) < 4.78 is 11.9. The summed E-state index contributed by atoms with van der Waals surface area (Å²) in [5.74, 6) is 0.953. The molecule has 0 aliphatic heterocycles. The molecule has 3 heteroatoms. The van der Waals surface area contributed by atoms with Crippen LogP contribution in [0.3, 0.4) is 0 Å². The minimum absolute atomic E-state index is 0.722. The van der Waals surface area contributed by atoms with E-state index in [9.17, 15) is 0 Å². The molecule has 1 heterocycles. The second-order valence-corrected chi connectivity index (χ2v) is 6.37. The molecule has 120 valence electrons. The molecule has 3 rings (SSSR count). The third-order valence-corrected chi connectivity index (χ3v) is 4.48. The number of alkyl halides is 1. The fraction of sp³-hybridized carbons (Fsp3) is 0.300. The standard InChI is InChI=1S/C20H21BrO2/c1-2-7-17-19(22-13-6-12-21)11-10-16-18(14-23-20(16)17)15-8-4-3-5-9-15/h3-5,8-11,14H,2,6-7,12-13H2,1H3. The molecule has 0 aliphatic rings. The summed E-state index contributed by atoms with van der Waals surface area (Å²) in [6.07, 6.45) is 4.89. The van der Waals surface area contributed by atoms with Gasteiger partial charge in [0.2, 0.25) is 0 Å². The molecule has 0 saturated heterocycles. The molecule has 0 spiro atoms. The van der Waals surface area contributed by atoms with Crippen LogP contribution in [-0.4, -0.2) is 11.9 Å². The molecule has 0 amide bonds. The van der Waals surface area contributed by atoms with Gasteiger partial charge in [-0.25, -0.2) is 0 Å². The van der Waals surface area contributed by atoms with Gasteiger partial charge in [0.25, 0.3) is 0 Å². The van der Waals surface area contributed by atoms with E-state index in [1.54, 1.807) is 0 Å². The van der Waals surface area contributed by atoms with Crippen molar-refractivity contribution in [2.45, 2.75) is 26.2 Å². The monoisotopic (exact) mass is 372 g/mol. The van der Waals surface area contributed by atoms with Crippen molar-refractivity contribution in [3.8, 4) is 16.9 Å². The fourth-order valence-corrected chi connectivity index (χ4v) is 3.07. The molecule has 0 aliphatic carbocycles. The largest absolute Gasteiger partial charge is 0.493 e. The lowest BCUT2D eigenvalue weighted by molar-refractivity contribution is 0.315. The van der Waals surface area contributed by atoms with Crippen molar-refractivity contribution in [2.24, 2.45) is 0 Å². The van der Waals surface area contributed by atoms with Crippen LogP contribution in [0.1, 0.15) is 25.3 Å². The van der Waals surface area contributed by atoms with Gasteiger partial charge in [-0.1, -0.05) is 59.6 Å². The number of fused-ring (bicyclic) bond motifs is 1. The van der Waals surface area contributed by atoms with E-state index in [4.69, 9.17) is 9.15 Å². The van der Waals surface area contributed by atoms with E-state index >= 15 is 0 Å². The second kappa shape index (κ2) is 7.69. The van der Waals surface area contributed by atoms with E-state index in [0.717, 1.165) is 53.5 Å². The molecule has 0 saturated carbocycles. The molecule has 3 aromatic rings. The van der Waals surface area contributed by atoms with Gasteiger partial charge in [-0.15, -0.1) is 0 Å². The van der Waals surface area contributed by atoms with Crippen molar-refractivity contribution in [3.63, 3.8) is 0 Å². The number of hydrogen-bond acceptors (Lipinski definition) is 2. The highest BCUT2D eigenvalue weighted by molar-refractivity contribution is 9.09. The number of benzene rings is 2. The zero-order valence-corrected chi connectivity index (χ0v) is 14.9. The maximum atomic E-state index is 5.96. The fourth-order valence-electron chi connectivity index (χ4n) is 2.84. The number of rotatable bonds is 7. The quantitative estimate of drug-likeness (QED) is 0.363. The van der Waals surface area contributed by atoms with Gasteiger partial charge in [0, 0.05) is 21.8 Å². The molecule has 2 aromatic carbocycles. The Hall–Kier alpha value is -1.74. The van der Waals surface area contributed by atoms with Gasteiger partial charge in [-0.2, -0.15) is 0 Å². The number of halogens is 1. The predicted octanol–water partition coefficient (Wildman–Crippen LogP) is 6.22. The maximum absolute atomic E-state index is 5.96. The SMILES string of the molecule is CCCc1c(OCCCBr)ccc2c(-c3ccccc3)coc12. The van der Waals surface area contributed by atoms with Gasteiger partial charge < -0.3 is 9.15 Å². The summed E-state index contributed by atoms with van der Waals surface area (Å²) in [4.78, 5) is 0. The van der Waals surface area contributed by atoms with Crippen LogP contribution in [0, 0.1) is 0 Å². The number of furan rings is 1. The first-order valence-corrected chi connectivity index (χ1v) is 9.24. The Morgan fingerprint density at radius 2 is 1.91 bits per heavy atom. The van der Waals surface area contributed by atoms with Crippen LogP contribution in [0.25, 0.3) is 22.1 Å². The van der Waals surface area contributed by atoms with Crippen LogP contribution >= 0.6 is 15.9 Å². The molecular formula is C20H21BrO2. The second-order valence-electron chi connectivity index (χ2n) is 5.58. The average molecular weight is 373 g/mol. The van der Waals surface area contributed by atoms with E-state index in [-0.39, 0.29) is 0 Å². The van der Waals surface area contributed by atoms with Crippen LogP contribution in [0.15, 0.2) is 53.1 Å². The third-order valence-electron chi connectivity index (χ3n) is 3.92. The Balaban J connectivity index is 2.04. The molecule has 0 N–H and O–H groups in total. The summed E-state index contributed by atoms with van der Waals surface area (Å²) in [6, 6.07) is 14.6. The topological polar surface area (TPSA) is 22.4 Å². The summed E-state index contributed by atoms with van der Waals surface area (Å²) in [5, 5.41) is 2.12. The highest BCUT2D eigenvalue weighted by Crippen LogP contribution is 2.36. The van der Waals surface area contributed by atoms with Crippen molar-refractivity contribution in [1.82, 2.24) is 0 Å². The summed E-state index contributed by atoms with van der Waals surface area (Å²) in [7, 11) is 0. The number of ether oxygens (including phenoxy) is 1. The van der Waals surface area contributed by atoms with E-state index in [2.05, 4.69) is 59.3 Å². The smallest absolute Gasteiger partial charge is 0.141 e. The van der Waals surface area contributed by atoms with Crippen LogP contribution < -0.4 is 4.74 Å². The molecule has 0 radical (unpaired) electrons. The van der Waals surface area contributed by atoms with Crippen molar-refractivity contribution >= 4 is 26.9 Å². The van der Waals surface area contributed by atoms with E-state index in [1.165, 1.54) is 11.1 Å². The lowest BCUT2D eigenvalue weighted by Crippen LogP contribution is -2.01. The zero-order valence-electron chi connectivity index (χ0n) is 13.3. The van der Waals surface area contributed by atoms with Crippen molar-refractivity contribution in [2.75, 3.05) is 11.9 Å². The minimum Gasteiger partial charge on any atom is -0.493 e. The van der Waals surface area contributed by atoms with Crippen LogP contribution in [0.5, 0.6) is 5.75 Å². The van der Waals surface area contributed by atoms with Gasteiger partial charge >= 0.3 is 0 Å². The van der Waals surface area contributed by atoms with Gasteiger partial charge in [0.15, 0.2) is 0 Å². The van der Waals surface area contributed by atoms with Crippen molar-refractivity contribution < 1.29 is 9.15 Å². The van der Waals surface area contributed by atoms with Crippen LogP contribution in [0.2, 0.25) is 0 Å². The molecular weight excluding hydrogens is 352 g/mol. The molecule has 0 unspecified atom stereocenters. The average Bonchev–Trinajstić information content (AvgIpc) is 3.02. The Morgan fingerprint density at radius 1 is 1.09 bits per heavy atom. The van der Waals surface area contributed by atoms with Gasteiger partial charge in [0.1, 0.15) is 11.3 Å². The third kappa shape index (κ3) is 3.45. The summed E-state index contributed by atoms with van der Waals surface area (Å²) >= 11 is 3.44. The minimum atomic E-state index is 0.722. The lowest BCUT2D eigenvalue weighted by Gasteiger charge is -2.11. The molecule has 0 fully saturated rings. The van der Waals surface area contributed by atoms with E-state index in [0.29, 0.717) is 0 Å². The van der Waals surface area contributed by atoms with Crippen molar-refractivity contribution in [1.29, 1.82) is 0 Å². The molecule has 0 bridgehead atoms. The maximum Gasteiger partial charge on any atom is 0.141 e. The van der Waals surface area contributed by atoms with E-state index < -0.39 is 0 Å². The molecule has 1 aromatic heterocycles. The number of aryl methyl sites for hydroxylation is 1. The van der Waals surface area contributed by atoms with Gasteiger partial charge in [-0.3, -0.25) is 0 Å². The van der Waals surface area contributed by atoms with E-state index in [1.807, 2.05) is 12.3 Å². The zero-order chi connectivity index (χ0) is 16.1. The first-order valence-electron chi connectivity index (χ1n) is 8.12. The first kappa shape index (κ1) is 16.1. The Kier molecular flexibility index (Phi) is 5.39. The lowest BCUT2D eigenvalue weighted by atomic mass is 10.0. The highest BCUT2D eigenvalue weighted by Gasteiger charge is 2.15. The summed E-state index contributed by atoms with van der Waals surface area (Å²) in [5.41, 5.74) is 4.47. The predicted molar refractivity (Wildman–Crippen MR) is 99.6 cm³/mol. The molecule has 23 heavy (non-hydrogen) atoms. The van der Waals surface area contributed by atoms with Crippen molar-refractivity contribution in [3.05, 3.63) is 54.3 Å². The van der Waals surface area contributed by atoms with Gasteiger partial charge in [0.05, 0.1) is 12.9 Å². The Labute approximate surface area is 145 Å². The Morgan fingerprint density at radius 3 is 2.65 bits per heavy atom. The number of hydrogen-bond donors (Lipinski definition) is 0. The molecule has 2 nitrogen and oxygen atoms in total. The van der Waals surface area contributed by atoms with Crippen LogP contribution in [-0.2, 0) is 6.42 Å². The first-order chi connectivity index (χ1) is 11.3. The Bertz CT molecular complexity index is 762. The highest BCUT2D eigenvalue weighted by atomic mass is 79.9. The molecule has 0 atom stereocenters. The van der Waals surface area contributed by atoms with Gasteiger partial charge in [-0.05, 0) is 30.5 Å². The normalized spacial score (nSPS) is 11.0. The van der Waals surface area contributed by atoms with Crippen LogP contribution in [0.4, 0.5) is 0 Å².